The first-order chi connectivity index (χ1) is 15.9. The van der Waals surface area contributed by atoms with E-state index in [0.717, 1.165) is 30.8 Å². The largest absolute Gasteiger partial charge is 0.371 e. The summed E-state index contributed by atoms with van der Waals surface area (Å²) in [5.41, 5.74) is 5.27. The zero-order chi connectivity index (χ0) is 23.4. The maximum atomic E-state index is 12.6. The van der Waals surface area contributed by atoms with Crippen molar-refractivity contribution in [3.8, 4) is 0 Å². The fraction of sp³-hybridized carbons (Fsp3) is 0.296. The molecule has 1 aliphatic heterocycles. The molecule has 172 valence electrons. The quantitative estimate of drug-likeness (QED) is 0.552. The molecule has 33 heavy (non-hydrogen) atoms. The number of rotatable bonds is 7. The standard InChI is InChI=1S/C27H30N2O3S/c1-3-33(31,32)26-14-6-21(7-15-26)18-28-27(30)23-10-12-25(13-11-23)29-17-16-24(19-29)22-8-4-20(2)5-9-22/h4-15,24H,3,16-19H2,1-2H3,(H,28,30). The van der Waals surface area contributed by atoms with Crippen LogP contribution in [0.3, 0.4) is 0 Å². The Kier molecular flexibility index (Phi) is 6.84. The van der Waals surface area contributed by atoms with E-state index in [1.807, 2.05) is 24.3 Å². The van der Waals surface area contributed by atoms with Crippen LogP contribution in [0.2, 0.25) is 0 Å². The fourth-order valence-electron chi connectivity index (χ4n) is 4.19. The van der Waals surface area contributed by atoms with Crippen LogP contribution in [0.15, 0.2) is 77.7 Å². The number of amides is 1. The highest BCUT2D eigenvalue weighted by Crippen LogP contribution is 2.31. The van der Waals surface area contributed by atoms with Crippen molar-refractivity contribution in [2.45, 2.75) is 37.6 Å². The Morgan fingerprint density at radius 2 is 1.64 bits per heavy atom. The molecule has 1 amide bonds. The van der Waals surface area contributed by atoms with E-state index in [0.29, 0.717) is 22.9 Å². The Hall–Kier alpha value is -3.12. The SMILES string of the molecule is CCS(=O)(=O)c1ccc(CNC(=O)c2ccc(N3CCC(c4ccc(C)cc4)C3)cc2)cc1. The molecule has 1 fully saturated rings. The highest BCUT2D eigenvalue weighted by molar-refractivity contribution is 7.91. The zero-order valence-corrected chi connectivity index (χ0v) is 19.9. The van der Waals surface area contributed by atoms with Gasteiger partial charge in [-0.05, 0) is 60.9 Å². The van der Waals surface area contributed by atoms with Crippen LogP contribution in [-0.4, -0.2) is 33.2 Å². The lowest BCUT2D eigenvalue weighted by Gasteiger charge is -2.19. The molecule has 3 aromatic carbocycles. The number of aryl methyl sites for hydroxylation is 1. The maximum absolute atomic E-state index is 12.6. The second kappa shape index (κ2) is 9.79. The summed E-state index contributed by atoms with van der Waals surface area (Å²) in [7, 11) is -3.21. The number of hydrogen-bond donors (Lipinski definition) is 1. The first-order valence-corrected chi connectivity index (χ1v) is 13.0. The summed E-state index contributed by atoms with van der Waals surface area (Å²) in [6.07, 6.45) is 1.13. The van der Waals surface area contributed by atoms with Crippen molar-refractivity contribution in [1.82, 2.24) is 5.32 Å². The molecule has 5 nitrogen and oxygen atoms in total. The Morgan fingerprint density at radius 3 is 2.27 bits per heavy atom. The molecular weight excluding hydrogens is 432 g/mol. The molecule has 0 bridgehead atoms. The Balaban J connectivity index is 1.32. The van der Waals surface area contributed by atoms with Gasteiger partial charge in [0.25, 0.3) is 5.91 Å². The summed E-state index contributed by atoms with van der Waals surface area (Å²) in [6, 6.07) is 23.2. The van der Waals surface area contributed by atoms with Crippen LogP contribution in [0.25, 0.3) is 0 Å². The molecule has 6 heteroatoms. The van der Waals surface area contributed by atoms with E-state index in [1.54, 1.807) is 31.2 Å². The number of carbonyl (C=O) groups is 1. The molecule has 0 saturated carbocycles. The maximum Gasteiger partial charge on any atom is 0.251 e. The molecule has 1 saturated heterocycles. The highest BCUT2D eigenvalue weighted by atomic mass is 32.2. The van der Waals surface area contributed by atoms with Gasteiger partial charge in [-0.25, -0.2) is 8.42 Å². The first-order valence-electron chi connectivity index (χ1n) is 11.4. The van der Waals surface area contributed by atoms with Gasteiger partial charge >= 0.3 is 0 Å². The summed E-state index contributed by atoms with van der Waals surface area (Å²) in [5, 5.41) is 2.91. The average molecular weight is 463 g/mol. The van der Waals surface area contributed by atoms with Gasteiger partial charge in [0.15, 0.2) is 9.84 Å². The summed E-state index contributed by atoms with van der Waals surface area (Å²) < 4.78 is 23.8. The third-order valence-corrected chi connectivity index (χ3v) is 8.10. The van der Waals surface area contributed by atoms with Crippen LogP contribution in [0, 0.1) is 6.92 Å². The van der Waals surface area contributed by atoms with Crippen molar-refractivity contribution < 1.29 is 13.2 Å². The minimum absolute atomic E-state index is 0.0725. The lowest BCUT2D eigenvalue weighted by molar-refractivity contribution is 0.0951. The molecule has 1 heterocycles. The number of hydrogen-bond acceptors (Lipinski definition) is 4. The number of benzene rings is 3. The average Bonchev–Trinajstić information content (AvgIpc) is 3.34. The topological polar surface area (TPSA) is 66.5 Å². The molecule has 0 radical (unpaired) electrons. The number of anilines is 1. The molecule has 4 rings (SSSR count). The van der Waals surface area contributed by atoms with E-state index in [-0.39, 0.29) is 11.7 Å². The summed E-state index contributed by atoms with van der Waals surface area (Å²) >= 11 is 0. The van der Waals surface area contributed by atoms with E-state index in [9.17, 15) is 13.2 Å². The molecule has 1 N–H and O–H groups in total. The Morgan fingerprint density at radius 1 is 0.970 bits per heavy atom. The van der Waals surface area contributed by atoms with Crippen LogP contribution in [-0.2, 0) is 16.4 Å². The van der Waals surface area contributed by atoms with Crippen LogP contribution >= 0.6 is 0 Å². The van der Waals surface area contributed by atoms with Crippen molar-refractivity contribution in [2.75, 3.05) is 23.7 Å². The van der Waals surface area contributed by atoms with Gasteiger partial charge in [0.2, 0.25) is 0 Å². The normalized spacial score (nSPS) is 16.1. The number of sulfone groups is 1. The van der Waals surface area contributed by atoms with Gasteiger partial charge in [0.05, 0.1) is 10.6 Å². The van der Waals surface area contributed by atoms with Gasteiger partial charge in [-0.2, -0.15) is 0 Å². The van der Waals surface area contributed by atoms with E-state index >= 15 is 0 Å². The van der Waals surface area contributed by atoms with Gasteiger partial charge in [0, 0.05) is 36.8 Å². The fourth-order valence-corrected chi connectivity index (χ4v) is 5.08. The van der Waals surface area contributed by atoms with E-state index < -0.39 is 9.84 Å². The van der Waals surface area contributed by atoms with Crippen molar-refractivity contribution in [3.05, 3.63) is 95.1 Å². The minimum Gasteiger partial charge on any atom is -0.371 e. The Bertz CT molecular complexity index is 1200. The van der Waals surface area contributed by atoms with Gasteiger partial charge in [-0.3, -0.25) is 4.79 Å². The predicted molar refractivity (Wildman–Crippen MR) is 133 cm³/mol. The van der Waals surface area contributed by atoms with Gasteiger partial charge in [-0.15, -0.1) is 0 Å². The smallest absolute Gasteiger partial charge is 0.251 e. The number of nitrogens with one attached hydrogen (secondary N) is 1. The molecule has 1 aliphatic rings. The summed E-state index contributed by atoms with van der Waals surface area (Å²) in [4.78, 5) is 15.2. The molecular formula is C27H30N2O3S. The van der Waals surface area contributed by atoms with E-state index in [2.05, 4.69) is 41.4 Å². The van der Waals surface area contributed by atoms with Crippen molar-refractivity contribution in [1.29, 1.82) is 0 Å². The van der Waals surface area contributed by atoms with Crippen molar-refractivity contribution >= 4 is 21.4 Å². The lowest BCUT2D eigenvalue weighted by atomic mass is 9.97. The predicted octanol–water partition coefficient (Wildman–Crippen LogP) is 4.71. The van der Waals surface area contributed by atoms with Crippen LogP contribution < -0.4 is 10.2 Å². The van der Waals surface area contributed by atoms with Crippen LogP contribution in [0.1, 0.15) is 46.3 Å². The summed E-state index contributed by atoms with van der Waals surface area (Å²) in [6.45, 7) is 6.07. The Labute approximate surface area is 196 Å². The van der Waals surface area contributed by atoms with Crippen LogP contribution in [0.5, 0.6) is 0 Å². The van der Waals surface area contributed by atoms with E-state index in [1.165, 1.54) is 11.1 Å². The van der Waals surface area contributed by atoms with Crippen LogP contribution in [0.4, 0.5) is 5.69 Å². The third-order valence-electron chi connectivity index (χ3n) is 6.35. The van der Waals surface area contributed by atoms with Gasteiger partial charge < -0.3 is 10.2 Å². The second-order valence-corrected chi connectivity index (χ2v) is 10.9. The van der Waals surface area contributed by atoms with Gasteiger partial charge in [-0.1, -0.05) is 48.9 Å². The minimum atomic E-state index is -3.21. The number of nitrogens with zero attached hydrogens (tertiary/aromatic N) is 1. The molecule has 0 aliphatic carbocycles. The zero-order valence-electron chi connectivity index (χ0n) is 19.1. The lowest BCUT2D eigenvalue weighted by Crippen LogP contribution is -2.23. The van der Waals surface area contributed by atoms with Gasteiger partial charge in [0.1, 0.15) is 0 Å². The molecule has 1 unspecified atom stereocenters. The molecule has 1 atom stereocenters. The first kappa shape index (κ1) is 23.1. The van der Waals surface area contributed by atoms with Crippen molar-refractivity contribution in [3.63, 3.8) is 0 Å². The molecule has 0 spiro atoms. The van der Waals surface area contributed by atoms with E-state index in [4.69, 9.17) is 0 Å². The highest BCUT2D eigenvalue weighted by Gasteiger charge is 2.24. The second-order valence-electron chi connectivity index (χ2n) is 8.62. The molecule has 0 aromatic heterocycles. The molecule has 3 aromatic rings. The summed E-state index contributed by atoms with van der Waals surface area (Å²) in [5.74, 6) is 0.460. The third kappa shape index (κ3) is 5.45. The number of carbonyl (C=O) groups excluding carboxylic acids is 1. The monoisotopic (exact) mass is 462 g/mol. The van der Waals surface area contributed by atoms with Crippen molar-refractivity contribution in [2.24, 2.45) is 0 Å².